The maximum Gasteiger partial charge on any atom is 0.483 e. The summed E-state index contributed by atoms with van der Waals surface area (Å²) in [7, 11) is -4.29. The van der Waals surface area contributed by atoms with Crippen molar-refractivity contribution in [3.63, 3.8) is 0 Å². The molecule has 0 spiro atoms. The highest BCUT2D eigenvalue weighted by Crippen LogP contribution is 2.77. The Kier molecular flexibility index (Phi) is 5.39. The van der Waals surface area contributed by atoms with Gasteiger partial charge in [0.25, 0.3) is 5.91 Å². The summed E-state index contributed by atoms with van der Waals surface area (Å²) in [5.41, 5.74) is 3.11. The van der Waals surface area contributed by atoms with Gasteiger partial charge in [0.05, 0.1) is 6.54 Å². The molecular weight excluding hydrogens is 503 g/mol. The van der Waals surface area contributed by atoms with Crippen LogP contribution in [-0.4, -0.2) is 49.1 Å². The van der Waals surface area contributed by atoms with E-state index in [1.807, 2.05) is 0 Å². The summed E-state index contributed by atoms with van der Waals surface area (Å²) in [5, 5.41) is 6.53. The minimum atomic E-state index is -4.76. The van der Waals surface area contributed by atoms with Crippen LogP contribution in [0.25, 0.3) is 0 Å². The lowest BCUT2D eigenvalue weighted by Crippen LogP contribution is -2.68. The number of hydrogen-bond donors (Lipinski definition) is 1. The molecule has 186 valence electrons. The second-order valence-electron chi connectivity index (χ2n) is 7.58. The van der Waals surface area contributed by atoms with Gasteiger partial charge < -0.3 is 14.9 Å². The van der Waals surface area contributed by atoms with E-state index in [9.17, 15) is 35.7 Å². The first-order valence-electron chi connectivity index (χ1n) is 9.20. The summed E-state index contributed by atoms with van der Waals surface area (Å²) in [5.74, 6) is -9.19. The van der Waals surface area contributed by atoms with Crippen LogP contribution >= 0.6 is 7.82 Å². The van der Waals surface area contributed by atoms with Gasteiger partial charge in [0.2, 0.25) is 5.82 Å². The Hall–Kier alpha value is -2.56. The van der Waals surface area contributed by atoms with Crippen LogP contribution in [0.1, 0.15) is 17.2 Å². The predicted octanol–water partition coefficient (Wildman–Crippen LogP) is 1.01. The van der Waals surface area contributed by atoms with Gasteiger partial charge in [-0.15, -0.1) is 10.2 Å². The van der Waals surface area contributed by atoms with E-state index in [2.05, 4.69) is 10.2 Å². The Labute approximate surface area is 185 Å². The van der Waals surface area contributed by atoms with E-state index in [-0.39, 0.29) is 30.5 Å². The van der Waals surface area contributed by atoms with Crippen molar-refractivity contribution in [2.24, 2.45) is 5.73 Å². The van der Waals surface area contributed by atoms with Gasteiger partial charge in [-0.05, 0) is 11.6 Å². The molecule has 11 nitrogen and oxygen atoms in total. The molecule has 3 saturated heterocycles. The number of carbonyl (C=O) groups excluding carboxylic acids is 1. The van der Waals surface area contributed by atoms with E-state index in [0.29, 0.717) is 6.07 Å². The third kappa shape index (κ3) is 3.42. The second kappa shape index (κ2) is 7.47. The summed E-state index contributed by atoms with van der Waals surface area (Å²) in [6.45, 7) is -1.09. The standard InChI is InChI=1S/C16H12F6N5O5P.H2O/c17-8-4-10(19)9(18)3-7(8)5-14(23)15(31-33(29,30-14)32-15)13(28)26-1-2-27-11(6-26)24-25-12(27)16(20,21)22;/h3-4H,1-2,5-6,23H2;1H2/t14-,15?,33?;/m1./s1. The highest BCUT2D eigenvalue weighted by atomic mass is 31.2. The lowest BCUT2D eigenvalue weighted by Gasteiger charge is -2.42. The van der Waals surface area contributed by atoms with E-state index < -0.39 is 73.2 Å². The van der Waals surface area contributed by atoms with Gasteiger partial charge in [-0.2, -0.15) is 13.2 Å². The molecule has 18 heteroatoms. The van der Waals surface area contributed by atoms with E-state index >= 15 is 0 Å². The maximum absolute atomic E-state index is 14.2. The number of nitrogens with zero attached hydrogens (tertiary/aromatic N) is 4. The summed E-state index contributed by atoms with van der Waals surface area (Å²) in [6.07, 6.45) is -5.57. The molecule has 0 aliphatic carbocycles. The van der Waals surface area contributed by atoms with Crippen LogP contribution in [0.5, 0.6) is 0 Å². The van der Waals surface area contributed by atoms with Crippen molar-refractivity contribution in [2.45, 2.75) is 37.2 Å². The van der Waals surface area contributed by atoms with Crippen LogP contribution < -0.4 is 5.73 Å². The lowest BCUT2D eigenvalue weighted by molar-refractivity contribution is -0.224. The van der Waals surface area contributed by atoms with Crippen molar-refractivity contribution in [3.8, 4) is 0 Å². The topological polar surface area (TPSA) is 153 Å². The largest absolute Gasteiger partial charge is 0.483 e. The van der Waals surface area contributed by atoms with E-state index in [1.165, 1.54) is 0 Å². The van der Waals surface area contributed by atoms with E-state index in [1.54, 1.807) is 0 Å². The number of alkyl halides is 3. The molecule has 6 rings (SSSR count). The number of aromatic nitrogens is 3. The zero-order valence-electron chi connectivity index (χ0n) is 16.6. The molecule has 5 heterocycles. The van der Waals surface area contributed by atoms with Crippen molar-refractivity contribution in [3.05, 3.63) is 46.8 Å². The molecule has 3 fully saturated rings. The molecule has 34 heavy (non-hydrogen) atoms. The molecule has 4 N–H and O–H groups in total. The fourth-order valence-electron chi connectivity index (χ4n) is 3.91. The lowest BCUT2D eigenvalue weighted by atomic mass is 9.93. The maximum atomic E-state index is 14.2. The van der Waals surface area contributed by atoms with E-state index in [0.717, 1.165) is 9.47 Å². The normalized spacial score (nSPS) is 29.9. The van der Waals surface area contributed by atoms with Gasteiger partial charge in [-0.1, -0.05) is 0 Å². The number of hydrogen-bond acceptors (Lipinski definition) is 8. The van der Waals surface area contributed by atoms with Crippen LogP contribution in [0.3, 0.4) is 0 Å². The van der Waals surface area contributed by atoms with Crippen molar-refractivity contribution >= 4 is 13.7 Å². The van der Waals surface area contributed by atoms with Crippen LogP contribution in [0.4, 0.5) is 26.3 Å². The Morgan fingerprint density at radius 2 is 1.74 bits per heavy atom. The first kappa shape index (κ1) is 24.6. The monoisotopic (exact) mass is 517 g/mol. The highest BCUT2D eigenvalue weighted by molar-refractivity contribution is 7.50. The number of amides is 1. The molecule has 0 radical (unpaired) electrons. The smallest absolute Gasteiger partial charge is 0.412 e. The fourth-order valence-corrected chi connectivity index (χ4v) is 5.68. The zero-order chi connectivity index (χ0) is 24.0. The minimum absolute atomic E-state index is 0. The van der Waals surface area contributed by atoms with Gasteiger partial charge in [0.1, 0.15) is 5.82 Å². The third-order valence-electron chi connectivity index (χ3n) is 5.43. The Bertz CT molecular complexity index is 1230. The van der Waals surface area contributed by atoms with Crippen LogP contribution in [0, 0.1) is 17.5 Å². The van der Waals surface area contributed by atoms with Crippen LogP contribution in [0.15, 0.2) is 12.1 Å². The number of phosphoric ester groups is 1. The Morgan fingerprint density at radius 1 is 1.09 bits per heavy atom. The van der Waals surface area contributed by atoms with Gasteiger partial charge in [-0.25, -0.2) is 26.8 Å². The summed E-state index contributed by atoms with van der Waals surface area (Å²) in [6, 6.07) is 0.732. The predicted molar refractivity (Wildman–Crippen MR) is 94.6 cm³/mol. The van der Waals surface area contributed by atoms with Gasteiger partial charge in [0.15, 0.2) is 23.2 Å². The first-order chi connectivity index (χ1) is 15.3. The number of fused-ring (bicyclic) bond motifs is 2. The molecule has 1 amide bonds. The number of nitrogens with two attached hydrogens (primary N) is 1. The summed E-state index contributed by atoms with van der Waals surface area (Å²) < 4.78 is 108. The highest BCUT2D eigenvalue weighted by Gasteiger charge is 2.82. The van der Waals surface area contributed by atoms with Crippen molar-refractivity contribution in [1.29, 1.82) is 0 Å². The van der Waals surface area contributed by atoms with Crippen molar-refractivity contribution in [2.75, 3.05) is 6.54 Å². The molecule has 1 atom stereocenters. The number of benzene rings is 1. The number of rotatable bonds is 3. The number of halogens is 6. The van der Waals surface area contributed by atoms with Gasteiger partial charge in [-0.3, -0.25) is 15.1 Å². The molecule has 2 bridgehead atoms. The molecule has 4 aliphatic heterocycles. The third-order valence-corrected chi connectivity index (χ3v) is 6.94. The van der Waals surface area contributed by atoms with Crippen molar-refractivity contribution < 1.29 is 54.7 Å². The van der Waals surface area contributed by atoms with Gasteiger partial charge >= 0.3 is 19.8 Å². The summed E-state index contributed by atoms with van der Waals surface area (Å²) >= 11 is 0. The van der Waals surface area contributed by atoms with Crippen LogP contribution in [0.2, 0.25) is 0 Å². The SMILES string of the molecule is N[C@]1(Cc2cc(F)c(F)cc2F)OP2(=O)OC1(C(=O)N1CCn3c(nnc3C(F)(F)F)C1)O2.O. The molecule has 2 aromatic rings. The Balaban J connectivity index is 0.00000274. The molecule has 0 unspecified atom stereocenters. The Morgan fingerprint density at radius 3 is 2.38 bits per heavy atom. The molecular formula is C16H14F6N5O6P. The molecule has 4 aliphatic rings. The molecule has 1 aromatic heterocycles. The fraction of sp³-hybridized carbons (Fsp3) is 0.438. The zero-order valence-corrected chi connectivity index (χ0v) is 17.5. The number of phosphoric acid groups is 1. The van der Waals surface area contributed by atoms with Crippen molar-refractivity contribution in [1.82, 2.24) is 19.7 Å². The van der Waals surface area contributed by atoms with Gasteiger partial charge in [0, 0.05) is 25.6 Å². The molecule has 1 aromatic carbocycles. The number of carbonyl (C=O) groups is 1. The summed E-state index contributed by atoms with van der Waals surface area (Å²) in [4.78, 5) is 14.2. The first-order valence-corrected chi connectivity index (χ1v) is 10.7. The second-order valence-corrected chi connectivity index (χ2v) is 9.02. The average molecular weight is 517 g/mol. The van der Waals surface area contributed by atoms with E-state index in [4.69, 9.17) is 19.3 Å². The minimum Gasteiger partial charge on any atom is -0.412 e. The molecule has 0 saturated carbocycles. The van der Waals surface area contributed by atoms with Crippen LogP contribution in [-0.2, 0) is 48.6 Å². The average Bonchev–Trinajstić information content (AvgIpc) is 3.28. The quantitative estimate of drug-likeness (QED) is 0.360.